The molecule has 124 valence electrons. The molecule has 2 aliphatic heterocycles. The van der Waals surface area contributed by atoms with Crippen molar-refractivity contribution >= 4 is 39.1 Å². The molecule has 0 bridgehead atoms. The lowest BCUT2D eigenvalue weighted by Gasteiger charge is -2.30. The summed E-state index contributed by atoms with van der Waals surface area (Å²) in [5.74, 6) is -0.110. The van der Waals surface area contributed by atoms with Gasteiger partial charge in [-0.3, -0.25) is 9.59 Å². The Morgan fingerprint density at radius 1 is 1.39 bits per heavy atom. The second-order valence-corrected chi connectivity index (χ2v) is 9.39. The summed E-state index contributed by atoms with van der Waals surface area (Å²) in [5.41, 5.74) is -0.0173. The average Bonchev–Trinajstić information content (AvgIpc) is 2.75. The van der Waals surface area contributed by atoms with Crippen molar-refractivity contribution in [2.45, 2.75) is 23.8 Å². The highest BCUT2D eigenvalue weighted by Crippen LogP contribution is 2.34. The van der Waals surface area contributed by atoms with Crippen LogP contribution < -0.4 is 10.2 Å². The molecule has 1 aromatic carbocycles. The smallest absolute Gasteiger partial charge is 0.240 e. The first-order valence-corrected chi connectivity index (χ1v) is 10.1. The number of thioether (sulfide) groups is 1. The van der Waals surface area contributed by atoms with Gasteiger partial charge in [0.05, 0.1) is 28.5 Å². The number of fused-ring (bicyclic) bond motifs is 1. The first kappa shape index (κ1) is 16.3. The minimum Gasteiger partial charge on any atom is -0.348 e. The summed E-state index contributed by atoms with van der Waals surface area (Å²) >= 11 is 1.46. The van der Waals surface area contributed by atoms with E-state index in [0.29, 0.717) is 12.2 Å². The molecule has 0 aromatic heterocycles. The molecule has 0 radical (unpaired) electrons. The van der Waals surface area contributed by atoms with Gasteiger partial charge in [-0.15, -0.1) is 11.8 Å². The van der Waals surface area contributed by atoms with Crippen molar-refractivity contribution in [3.8, 4) is 0 Å². The Kier molecular flexibility index (Phi) is 4.14. The minimum absolute atomic E-state index is 0.0495. The Labute approximate surface area is 139 Å². The van der Waals surface area contributed by atoms with Crippen LogP contribution in [0.2, 0.25) is 0 Å². The quantitative estimate of drug-likeness (QED) is 0.869. The Bertz CT molecular complexity index is 762. The van der Waals surface area contributed by atoms with Crippen LogP contribution in [0.4, 0.5) is 5.69 Å². The second kappa shape index (κ2) is 5.83. The van der Waals surface area contributed by atoms with Crippen LogP contribution in [-0.4, -0.2) is 49.6 Å². The summed E-state index contributed by atoms with van der Waals surface area (Å²) in [6.07, 6.45) is 0.404. The second-order valence-electron chi connectivity index (χ2n) is 6.19. The predicted octanol–water partition coefficient (Wildman–Crippen LogP) is 0.819. The van der Waals surface area contributed by atoms with Crippen molar-refractivity contribution in [3.05, 3.63) is 24.3 Å². The number of sulfone groups is 1. The number of carbonyl (C=O) groups is 2. The van der Waals surface area contributed by atoms with Gasteiger partial charge in [0.2, 0.25) is 11.8 Å². The number of hydrogen-bond acceptors (Lipinski definition) is 5. The minimum atomic E-state index is -3.09. The largest absolute Gasteiger partial charge is 0.348 e. The lowest BCUT2D eigenvalue weighted by atomic mass is 10.0. The first-order chi connectivity index (χ1) is 10.8. The highest BCUT2D eigenvalue weighted by molar-refractivity contribution is 8.00. The zero-order valence-corrected chi connectivity index (χ0v) is 14.4. The van der Waals surface area contributed by atoms with E-state index < -0.39 is 15.4 Å². The molecule has 2 heterocycles. The molecule has 2 amide bonds. The zero-order chi connectivity index (χ0) is 16.7. The topological polar surface area (TPSA) is 83.6 Å². The molecule has 0 spiro atoms. The number of amides is 2. The molecule has 1 atom stereocenters. The molecule has 1 N–H and O–H groups in total. The molecule has 3 rings (SSSR count). The van der Waals surface area contributed by atoms with E-state index in [4.69, 9.17) is 0 Å². The van der Waals surface area contributed by atoms with Crippen LogP contribution in [0, 0.1) is 0 Å². The third-order valence-corrected chi connectivity index (χ3v) is 7.01. The van der Waals surface area contributed by atoms with Gasteiger partial charge in [0.25, 0.3) is 0 Å². The van der Waals surface area contributed by atoms with Crippen molar-refractivity contribution in [3.63, 3.8) is 0 Å². The van der Waals surface area contributed by atoms with Gasteiger partial charge in [-0.25, -0.2) is 8.42 Å². The van der Waals surface area contributed by atoms with Crippen LogP contribution in [0.1, 0.15) is 13.3 Å². The Morgan fingerprint density at radius 2 is 2.13 bits per heavy atom. The summed E-state index contributed by atoms with van der Waals surface area (Å²) in [5, 5.41) is 2.79. The lowest BCUT2D eigenvalue weighted by molar-refractivity contribution is -0.124. The fourth-order valence-electron chi connectivity index (χ4n) is 2.96. The maximum atomic E-state index is 12.3. The van der Waals surface area contributed by atoms with Crippen LogP contribution in [-0.2, 0) is 19.4 Å². The summed E-state index contributed by atoms with van der Waals surface area (Å²) in [7, 11) is -3.09. The van der Waals surface area contributed by atoms with Gasteiger partial charge in [-0.05, 0) is 25.5 Å². The van der Waals surface area contributed by atoms with E-state index in [2.05, 4.69) is 5.32 Å². The third-order valence-electron chi connectivity index (χ3n) is 4.05. The van der Waals surface area contributed by atoms with Crippen molar-refractivity contribution in [2.24, 2.45) is 0 Å². The first-order valence-electron chi connectivity index (χ1n) is 7.32. The van der Waals surface area contributed by atoms with Crippen molar-refractivity contribution < 1.29 is 18.0 Å². The number of nitrogens with one attached hydrogen (secondary N) is 1. The maximum Gasteiger partial charge on any atom is 0.240 e. The molecule has 23 heavy (non-hydrogen) atoms. The number of anilines is 1. The molecule has 8 heteroatoms. The van der Waals surface area contributed by atoms with Gasteiger partial charge in [0.15, 0.2) is 9.84 Å². The summed E-state index contributed by atoms with van der Waals surface area (Å²) in [6, 6.07) is 7.45. The number of para-hydroxylation sites is 1. The summed E-state index contributed by atoms with van der Waals surface area (Å²) in [6.45, 7) is 1.64. The fourth-order valence-corrected chi connectivity index (χ4v) is 5.98. The van der Waals surface area contributed by atoms with Gasteiger partial charge in [-0.2, -0.15) is 0 Å². The van der Waals surface area contributed by atoms with E-state index in [1.807, 2.05) is 24.3 Å². The zero-order valence-electron chi connectivity index (χ0n) is 12.7. The normalized spacial score (nSPS) is 26.0. The standard InChI is InChI=1S/C15H18N2O4S2/c1-15(6-7-23(20,21)10-15)16-13(18)8-17-11-4-2-3-5-12(11)22-9-14(17)19/h2-5H,6-10H2,1H3,(H,16,18). The Hall–Kier alpha value is -1.54. The van der Waals surface area contributed by atoms with Gasteiger partial charge in [0.1, 0.15) is 6.54 Å². The number of carbonyl (C=O) groups excluding carboxylic acids is 2. The van der Waals surface area contributed by atoms with E-state index in [0.717, 1.165) is 10.6 Å². The molecule has 1 aromatic rings. The van der Waals surface area contributed by atoms with E-state index in [1.54, 1.807) is 6.92 Å². The van der Waals surface area contributed by atoms with Crippen LogP contribution in [0.15, 0.2) is 29.2 Å². The molecule has 0 aliphatic carbocycles. The van der Waals surface area contributed by atoms with E-state index in [9.17, 15) is 18.0 Å². The predicted molar refractivity (Wildman–Crippen MR) is 89.3 cm³/mol. The van der Waals surface area contributed by atoms with Gasteiger partial charge in [-0.1, -0.05) is 12.1 Å². The van der Waals surface area contributed by atoms with E-state index >= 15 is 0 Å². The Balaban J connectivity index is 1.72. The van der Waals surface area contributed by atoms with Crippen LogP contribution >= 0.6 is 11.8 Å². The molecular weight excluding hydrogens is 336 g/mol. The van der Waals surface area contributed by atoms with Crippen LogP contribution in [0.3, 0.4) is 0 Å². The molecule has 1 saturated heterocycles. The molecule has 2 aliphatic rings. The maximum absolute atomic E-state index is 12.3. The Morgan fingerprint density at radius 3 is 2.83 bits per heavy atom. The lowest BCUT2D eigenvalue weighted by Crippen LogP contribution is -2.52. The average molecular weight is 354 g/mol. The van der Waals surface area contributed by atoms with Crippen LogP contribution in [0.5, 0.6) is 0 Å². The molecule has 6 nitrogen and oxygen atoms in total. The van der Waals surface area contributed by atoms with Gasteiger partial charge in [0, 0.05) is 4.90 Å². The monoisotopic (exact) mass is 354 g/mol. The van der Waals surface area contributed by atoms with Crippen molar-refractivity contribution in [1.29, 1.82) is 0 Å². The van der Waals surface area contributed by atoms with Crippen LogP contribution in [0.25, 0.3) is 0 Å². The van der Waals surface area contributed by atoms with Gasteiger partial charge >= 0.3 is 0 Å². The molecule has 1 fully saturated rings. The van der Waals surface area contributed by atoms with Crippen molar-refractivity contribution in [2.75, 3.05) is 28.7 Å². The highest BCUT2D eigenvalue weighted by Gasteiger charge is 2.40. The number of rotatable bonds is 3. The van der Waals surface area contributed by atoms with E-state index in [-0.39, 0.29) is 29.9 Å². The molecular formula is C15H18N2O4S2. The fraction of sp³-hybridized carbons (Fsp3) is 0.467. The van der Waals surface area contributed by atoms with Crippen molar-refractivity contribution in [1.82, 2.24) is 5.32 Å². The number of nitrogens with zero attached hydrogens (tertiary/aromatic N) is 1. The summed E-state index contributed by atoms with van der Waals surface area (Å²) in [4.78, 5) is 26.9. The molecule has 0 saturated carbocycles. The van der Waals surface area contributed by atoms with E-state index in [1.165, 1.54) is 16.7 Å². The highest BCUT2D eigenvalue weighted by atomic mass is 32.2. The SMILES string of the molecule is CC1(NC(=O)CN2C(=O)CSc3ccccc32)CCS(=O)(=O)C1. The number of benzene rings is 1. The van der Waals surface area contributed by atoms with Gasteiger partial charge < -0.3 is 10.2 Å². The number of hydrogen-bond donors (Lipinski definition) is 1. The third kappa shape index (κ3) is 3.53. The summed E-state index contributed by atoms with van der Waals surface area (Å²) < 4.78 is 23.2. The molecule has 1 unspecified atom stereocenters.